The molecule has 0 aliphatic carbocycles. The minimum Gasteiger partial charge on any atom is -0.400 e. The SMILES string of the molecule is C=C(C)C(O)O.C=C(C)C(O)O.C=C(C)C(O)O.C=C(C)C(O)O.C=C(C)C(O)O.C=C(C)C(O)O.CO.CO.[Cu].[Cu].[Cu].[Cu].c1ccc([PH+](c2ccccc2)c2ccccc2)cc1.c1ccc([PH+](c2ccccc2)c2ccccc2)cc1.c1ccc([PH+](c2ccccc2)c2ccccc2)cc1.c1ccc([PH+](c2ccccc2)c2ccccc2)cc1. The summed E-state index contributed by atoms with van der Waals surface area (Å²) in [7, 11) is -1.51. The molecule has 14 nitrogen and oxygen atoms in total. The van der Waals surface area contributed by atoms with Crippen LogP contribution in [-0.2, 0) is 68.3 Å². The molecule has 0 amide bonds. The van der Waals surface area contributed by atoms with Gasteiger partial charge in [-0.3, -0.25) is 0 Å². The van der Waals surface area contributed by atoms with Gasteiger partial charge in [0.2, 0.25) is 0 Å². The first-order valence-electron chi connectivity index (χ1n) is 36.8. The third kappa shape index (κ3) is 51.3. The molecule has 14 N–H and O–H groups in total. The Morgan fingerprint density at radius 3 is 0.250 bits per heavy atom. The fourth-order valence-corrected chi connectivity index (χ4v) is 19.6. The van der Waals surface area contributed by atoms with Crippen LogP contribution in [0.2, 0.25) is 0 Å². The smallest absolute Gasteiger partial charge is 0.173 e. The Bertz CT molecular complexity index is 3510. The van der Waals surface area contributed by atoms with Crippen LogP contribution in [0.1, 0.15) is 41.5 Å². The normalized spacial score (nSPS) is 9.60. The molecule has 12 rings (SSSR count). The summed E-state index contributed by atoms with van der Waals surface area (Å²) >= 11 is 0. The molecule has 0 aliphatic rings. The zero-order valence-corrected chi connectivity index (χ0v) is 76.6. The molecule has 0 fully saturated rings. The molecule has 0 saturated carbocycles. The van der Waals surface area contributed by atoms with E-state index in [1.807, 2.05) is 0 Å². The molecular formula is C98H120Cu4O14P4+4. The Hall–Kier alpha value is -7.68. The van der Waals surface area contributed by atoms with E-state index in [0.717, 1.165) is 14.2 Å². The maximum atomic E-state index is 8.09. The summed E-state index contributed by atoms with van der Waals surface area (Å²) < 4.78 is 0. The van der Waals surface area contributed by atoms with Crippen molar-refractivity contribution in [2.75, 3.05) is 14.2 Å². The van der Waals surface area contributed by atoms with Gasteiger partial charge in [0, 0.05) is 82.5 Å². The van der Waals surface area contributed by atoms with Crippen molar-refractivity contribution < 1.29 is 140 Å². The van der Waals surface area contributed by atoms with E-state index in [2.05, 4.69) is 403 Å². The summed E-state index contributed by atoms with van der Waals surface area (Å²) in [5.41, 5.74) is 2.22. The van der Waals surface area contributed by atoms with E-state index in [1.165, 1.54) is 63.7 Å². The maximum Gasteiger partial charge on any atom is 0.173 e. The topological polar surface area (TPSA) is 283 Å². The van der Waals surface area contributed by atoms with Crippen LogP contribution in [0.3, 0.4) is 0 Å². The molecule has 12 aromatic carbocycles. The molecule has 120 heavy (non-hydrogen) atoms. The summed E-state index contributed by atoms with van der Waals surface area (Å²) in [5, 5.41) is 128. The summed E-state index contributed by atoms with van der Waals surface area (Å²) in [4.78, 5) is 0. The molecule has 0 aromatic heterocycles. The monoisotopic (exact) mass is 1900 g/mol. The van der Waals surface area contributed by atoms with Gasteiger partial charge in [0.1, 0.15) is 63.7 Å². The van der Waals surface area contributed by atoms with E-state index < -0.39 is 69.4 Å². The van der Waals surface area contributed by atoms with Crippen LogP contribution in [0.5, 0.6) is 0 Å². The minimum absolute atomic E-state index is 0. The second-order valence-electron chi connectivity index (χ2n) is 25.2. The van der Waals surface area contributed by atoms with Crippen molar-refractivity contribution in [1.82, 2.24) is 0 Å². The van der Waals surface area contributed by atoms with Gasteiger partial charge in [-0.15, -0.1) is 0 Å². The standard InChI is InChI=1S/4C18H15P.6C4H8O2.2CH4O.4Cu/c4*1-4-10-16(11-5-1)19(17-12-6-2-7-13-17)18-14-8-3-9-15-18;6*1-3(2)4(5)6;2*1-2;;;;/h4*1-15H;6*4-6H,1H2,2H3;2*2H,1H3;;;;/p+4. The predicted octanol–water partition coefficient (Wildman–Crippen LogP) is 11.2. The molecule has 0 heterocycles. The fourth-order valence-electron chi connectivity index (χ4n) is 9.26. The van der Waals surface area contributed by atoms with Gasteiger partial charge < -0.3 is 71.5 Å². The van der Waals surface area contributed by atoms with E-state index >= 15 is 0 Å². The summed E-state index contributed by atoms with van der Waals surface area (Å²) in [5.74, 6) is 0. The zero-order chi connectivity index (χ0) is 86.6. The van der Waals surface area contributed by atoms with Crippen LogP contribution in [0.4, 0.5) is 0 Å². The van der Waals surface area contributed by atoms with Gasteiger partial charge in [0.25, 0.3) is 0 Å². The fraction of sp³-hybridized carbons (Fsp3) is 0.143. The molecule has 4 radical (unpaired) electrons. The van der Waals surface area contributed by atoms with Gasteiger partial charge in [0.05, 0.1) is 31.7 Å². The summed E-state index contributed by atoms with van der Waals surface area (Å²) in [6.45, 7) is 28.8. The van der Waals surface area contributed by atoms with Gasteiger partial charge in [-0.25, -0.2) is 0 Å². The van der Waals surface area contributed by atoms with Crippen LogP contribution in [-0.4, -0.2) is 123 Å². The van der Waals surface area contributed by atoms with Gasteiger partial charge in [-0.05, 0) is 221 Å². The Labute approximate surface area is 759 Å². The number of aliphatic hydroxyl groups excluding tert-OH is 8. The maximum absolute atomic E-state index is 8.09. The average molecular weight is 1900 g/mol. The van der Waals surface area contributed by atoms with Gasteiger partial charge in [-0.2, -0.15) is 0 Å². The van der Waals surface area contributed by atoms with E-state index in [0.29, 0.717) is 33.4 Å². The molecule has 0 unspecified atom stereocenters. The van der Waals surface area contributed by atoms with Crippen molar-refractivity contribution in [2.24, 2.45) is 0 Å². The first kappa shape index (κ1) is 119. The number of rotatable bonds is 18. The Kier molecular flexibility index (Phi) is 72.1. The number of benzene rings is 12. The van der Waals surface area contributed by atoms with Crippen molar-refractivity contribution in [3.63, 3.8) is 0 Å². The van der Waals surface area contributed by atoms with Crippen molar-refractivity contribution in [3.8, 4) is 0 Å². The van der Waals surface area contributed by atoms with Crippen molar-refractivity contribution >= 4 is 95.3 Å². The molecule has 0 saturated heterocycles. The molecule has 0 aliphatic heterocycles. The van der Waals surface area contributed by atoms with Gasteiger partial charge >= 0.3 is 0 Å². The Morgan fingerprint density at radius 1 is 0.158 bits per heavy atom. The molecule has 0 spiro atoms. The number of hydrogen-bond acceptors (Lipinski definition) is 14. The number of hydrogen-bond donors (Lipinski definition) is 14. The molecule has 656 valence electrons. The van der Waals surface area contributed by atoms with E-state index in [4.69, 9.17) is 71.5 Å². The Balaban J connectivity index is -0.000000645. The first-order chi connectivity index (χ1) is 55.7. The summed E-state index contributed by atoms with van der Waals surface area (Å²) in [6, 6.07) is 130. The van der Waals surface area contributed by atoms with Gasteiger partial charge in [0.15, 0.2) is 37.7 Å². The molecule has 0 atom stereocenters. The second-order valence-corrected chi connectivity index (χ2v) is 35.1. The van der Waals surface area contributed by atoms with Crippen LogP contribution in [0.25, 0.3) is 0 Å². The molecular weight excluding hydrogens is 1780 g/mol. The Morgan fingerprint density at radius 2 is 0.208 bits per heavy atom. The van der Waals surface area contributed by atoms with E-state index in [1.54, 1.807) is 41.5 Å². The van der Waals surface area contributed by atoms with Crippen LogP contribution in [0.15, 0.2) is 437 Å². The van der Waals surface area contributed by atoms with E-state index in [9.17, 15) is 0 Å². The van der Waals surface area contributed by atoms with Crippen molar-refractivity contribution in [3.05, 3.63) is 437 Å². The molecule has 22 heteroatoms. The van der Waals surface area contributed by atoms with Crippen LogP contribution >= 0.6 is 31.7 Å². The first-order valence-corrected chi connectivity index (χ1v) is 42.8. The average Bonchev–Trinajstić information content (AvgIpc) is 0.840. The molecule has 0 bridgehead atoms. The second kappa shape index (κ2) is 72.9. The number of aliphatic hydroxyl groups is 14. The zero-order valence-electron chi connectivity index (χ0n) is 68.8. The summed E-state index contributed by atoms with van der Waals surface area (Å²) in [6.07, 6.45) is -8.06. The van der Waals surface area contributed by atoms with E-state index in [-0.39, 0.29) is 68.3 Å². The predicted molar refractivity (Wildman–Crippen MR) is 501 cm³/mol. The van der Waals surface area contributed by atoms with Crippen molar-refractivity contribution in [2.45, 2.75) is 79.3 Å². The third-order valence-corrected chi connectivity index (χ3v) is 26.3. The van der Waals surface area contributed by atoms with Crippen molar-refractivity contribution in [1.29, 1.82) is 0 Å². The van der Waals surface area contributed by atoms with Crippen LogP contribution in [0, 0.1) is 0 Å². The van der Waals surface area contributed by atoms with Crippen LogP contribution < -0.4 is 63.7 Å². The minimum atomic E-state index is -1.34. The largest absolute Gasteiger partial charge is 0.400 e. The molecule has 12 aromatic rings. The third-order valence-electron chi connectivity index (χ3n) is 15.4. The quantitative estimate of drug-likeness (QED) is 0.0165. The van der Waals surface area contributed by atoms with Gasteiger partial charge in [-0.1, -0.05) is 258 Å².